The lowest BCUT2D eigenvalue weighted by Crippen LogP contribution is -2.35. The minimum Gasteiger partial charge on any atom is -0.477 e. The molecule has 0 aromatic carbocycles. The highest BCUT2D eigenvalue weighted by Crippen LogP contribution is 2.29. The van der Waals surface area contributed by atoms with E-state index in [1.54, 1.807) is 0 Å². The Hall–Kier alpha value is -0.870. The first-order valence-electron chi connectivity index (χ1n) is 3.83. The largest absolute Gasteiger partial charge is 0.477 e. The van der Waals surface area contributed by atoms with Crippen LogP contribution in [-0.4, -0.2) is 17.6 Å². The smallest absolute Gasteiger partial charge is 0.346 e. The average Bonchev–Trinajstić information content (AvgIpc) is 2.31. The first-order valence-corrected chi connectivity index (χ1v) is 4.71. The number of thiophene rings is 1. The lowest BCUT2D eigenvalue weighted by molar-refractivity contribution is 0.0699. The van der Waals surface area contributed by atoms with E-state index in [2.05, 4.69) is 5.32 Å². The number of rotatable bonds is 2. The Morgan fingerprint density at radius 3 is 3.00 bits per heavy atom. The van der Waals surface area contributed by atoms with Crippen LogP contribution in [0.4, 0.5) is 0 Å². The number of carbonyl (C=O) groups is 1. The third-order valence-corrected chi connectivity index (χ3v) is 3.01. The number of nitrogens with one attached hydrogen (secondary N) is 1. The summed E-state index contributed by atoms with van der Waals surface area (Å²) in [7, 11) is 0. The van der Waals surface area contributed by atoms with Gasteiger partial charge in [-0.3, -0.25) is 0 Å². The van der Waals surface area contributed by atoms with Gasteiger partial charge in [0, 0.05) is 6.04 Å². The van der Waals surface area contributed by atoms with E-state index in [9.17, 15) is 4.79 Å². The summed E-state index contributed by atoms with van der Waals surface area (Å²) < 4.78 is 0. The Bertz CT molecular complexity index is 304. The molecule has 0 bridgehead atoms. The summed E-state index contributed by atoms with van der Waals surface area (Å²) in [5.74, 6) is -0.811. The van der Waals surface area contributed by atoms with E-state index in [4.69, 9.17) is 5.11 Å². The van der Waals surface area contributed by atoms with Crippen molar-refractivity contribution in [3.8, 4) is 0 Å². The SMILES string of the molecule is O=C(O)c1sccc1C1CCN1. The third-order valence-electron chi connectivity index (χ3n) is 2.09. The van der Waals surface area contributed by atoms with Crippen LogP contribution in [0.25, 0.3) is 0 Å². The van der Waals surface area contributed by atoms with Gasteiger partial charge in [0.2, 0.25) is 0 Å². The van der Waals surface area contributed by atoms with Crippen LogP contribution in [0.2, 0.25) is 0 Å². The van der Waals surface area contributed by atoms with E-state index in [1.807, 2.05) is 11.4 Å². The highest BCUT2D eigenvalue weighted by molar-refractivity contribution is 7.12. The van der Waals surface area contributed by atoms with Crippen LogP contribution >= 0.6 is 11.3 Å². The summed E-state index contributed by atoms with van der Waals surface area (Å²) in [5, 5.41) is 13.8. The summed E-state index contributed by atoms with van der Waals surface area (Å²) in [6.45, 7) is 1.000. The van der Waals surface area contributed by atoms with Gasteiger partial charge in [-0.2, -0.15) is 0 Å². The first-order chi connectivity index (χ1) is 5.79. The summed E-state index contributed by atoms with van der Waals surface area (Å²) in [4.78, 5) is 11.2. The zero-order valence-corrected chi connectivity index (χ0v) is 7.23. The van der Waals surface area contributed by atoms with Crippen molar-refractivity contribution in [2.24, 2.45) is 0 Å². The molecule has 12 heavy (non-hydrogen) atoms. The second-order valence-corrected chi connectivity index (χ2v) is 3.72. The second kappa shape index (κ2) is 2.88. The van der Waals surface area contributed by atoms with E-state index in [0.717, 1.165) is 18.5 Å². The number of hydrogen-bond donors (Lipinski definition) is 2. The van der Waals surface area contributed by atoms with Crippen LogP contribution in [0.3, 0.4) is 0 Å². The molecule has 1 aliphatic heterocycles. The van der Waals surface area contributed by atoms with Crippen molar-refractivity contribution in [1.29, 1.82) is 0 Å². The van der Waals surface area contributed by atoms with Crippen molar-refractivity contribution in [3.05, 3.63) is 21.9 Å². The maximum absolute atomic E-state index is 10.7. The zero-order chi connectivity index (χ0) is 8.55. The topological polar surface area (TPSA) is 49.3 Å². The van der Waals surface area contributed by atoms with Crippen LogP contribution in [0.5, 0.6) is 0 Å². The highest BCUT2D eigenvalue weighted by atomic mass is 32.1. The molecule has 2 rings (SSSR count). The first kappa shape index (κ1) is 7.76. The Labute approximate surface area is 74.0 Å². The lowest BCUT2D eigenvalue weighted by Gasteiger charge is -2.27. The Kier molecular flexibility index (Phi) is 1.86. The maximum Gasteiger partial charge on any atom is 0.346 e. The van der Waals surface area contributed by atoms with Gasteiger partial charge in [0.15, 0.2) is 0 Å². The molecule has 64 valence electrons. The van der Waals surface area contributed by atoms with Gasteiger partial charge in [-0.1, -0.05) is 0 Å². The molecule has 1 fully saturated rings. The van der Waals surface area contributed by atoms with Crippen molar-refractivity contribution in [2.45, 2.75) is 12.5 Å². The van der Waals surface area contributed by atoms with Crippen LogP contribution in [0.1, 0.15) is 27.7 Å². The molecule has 0 saturated carbocycles. The number of hydrogen-bond acceptors (Lipinski definition) is 3. The van der Waals surface area contributed by atoms with Crippen molar-refractivity contribution in [2.75, 3.05) is 6.54 Å². The van der Waals surface area contributed by atoms with Gasteiger partial charge in [0.1, 0.15) is 4.88 Å². The van der Waals surface area contributed by atoms with Crippen molar-refractivity contribution in [1.82, 2.24) is 5.32 Å². The molecule has 2 heterocycles. The van der Waals surface area contributed by atoms with E-state index in [1.165, 1.54) is 11.3 Å². The van der Waals surface area contributed by atoms with Crippen LogP contribution in [0.15, 0.2) is 11.4 Å². The summed E-state index contributed by atoms with van der Waals surface area (Å²) in [6, 6.07) is 2.17. The standard InChI is InChI=1S/C8H9NO2S/c10-8(11)7-5(2-4-12-7)6-1-3-9-6/h2,4,6,9H,1,3H2,(H,10,11). The number of carboxylic acids is 1. The highest BCUT2D eigenvalue weighted by Gasteiger charge is 2.24. The molecule has 4 heteroatoms. The van der Waals surface area contributed by atoms with Gasteiger partial charge in [-0.05, 0) is 30.0 Å². The number of aromatic carboxylic acids is 1. The fourth-order valence-corrected chi connectivity index (χ4v) is 2.12. The molecule has 0 amide bonds. The summed E-state index contributed by atoms with van der Waals surface area (Å²) in [6.07, 6.45) is 1.05. The molecule has 1 saturated heterocycles. The van der Waals surface area contributed by atoms with E-state index < -0.39 is 5.97 Å². The summed E-state index contributed by atoms with van der Waals surface area (Å²) >= 11 is 1.30. The lowest BCUT2D eigenvalue weighted by atomic mass is 9.99. The fourth-order valence-electron chi connectivity index (χ4n) is 1.32. The minimum atomic E-state index is -0.811. The van der Waals surface area contributed by atoms with Crippen LogP contribution in [0, 0.1) is 0 Å². The fraction of sp³-hybridized carbons (Fsp3) is 0.375. The number of carboxylic acid groups (broad SMARTS) is 1. The van der Waals surface area contributed by atoms with Gasteiger partial charge in [0.25, 0.3) is 0 Å². The maximum atomic E-state index is 10.7. The van der Waals surface area contributed by atoms with Crippen LogP contribution < -0.4 is 5.32 Å². The molecule has 1 unspecified atom stereocenters. The van der Waals surface area contributed by atoms with Crippen LogP contribution in [-0.2, 0) is 0 Å². The molecular formula is C8H9NO2S. The molecule has 2 N–H and O–H groups in total. The second-order valence-electron chi connectivity index (χ2n) is 2.81. The van der Waals surface area contributed by atoms with Gasteiger partial charge >= 0.3 is 5.97 Å². The minimum absolute atomic E-state index is 0.280. The van der Waals surface area contributed by atoms with E-state index in [0.29, 0.717) is 4.88 Å². The van der Waals surface area contributed by atoms with Crippen molar-refractivity contribution in [3.63, 3.8) is 0 Å². The average molecular weight is 183 g/mol. The van der Waals surface area contributed by atoms with Crippen molar-refractivity contribution < 1.29 is 9.90 Å². The monoisotopic (exact) mass is 183 g/mol. The van der Waals surface area contributed by atoms with Gasteiger partial charge in [-0.15, -0.1) is 11.3 Å². The van der Waals surface area contributed by atoms with Gasteiger partial charge < -0.3 is 10.4 Å². The quantitative estimate of drug-likeness (QED) is 0.730. The predicted molar refractivity (Wildman–Crippen MR) is 46.6 cm³/mol. The van der Waals surface area contributed by atoms with Gasteiger partial charge in [-0.25, -0.2) is 4.79 Å². The molecule has 1 aromatic rings. The van der Waals surface area contributed by atoms with E-state index >= 15 is 0 Å². The Morgan fingerprint density at radius 2 is 2.50 bits per heavy atom. The molecule has 0 radical (unpaired) electrons. The Morgan fingerprint density at radius 1 is 1.75 bits per heavy atom. The molecule has 1 aromatic heterocycles. The molecule has 0 aliphatic carbocycles. The van der Waals surface area contributed by atoms with E-state index in [-0.39, 0.29) is 6.04 Å². The molecule has 1 aliphatic rings. The van der Waals surface area contributed by atoms with Crippen molar-refractivity contribution >= 4 is 17.3 Å². The molecule has 0 spiro atoms. The predicted octanol–water partition coefficient (Wildman–Crippen LogP) is 1.48. The van der Waals surface area contributed by atoms with Gasteiger partial charge in [0.05, 0.1) is 0 Å². The Balaban J connectivity index is 2.29. The summed E-state index contributed by atoms with van der Waals surface area (Å²) in [5.41, 5.74) is 0.943. The molecule has 1 atom stereocenters. The third kappa shape index (κ3) is 1.13. The molecular weight excluding hydrogens is 174 g/mol. The normalized spacial score (nSPS) is 21.8. The molecule has 3 nitrogen and oxygen atoms in total. The zero-order valence-electron chi connectivity index (χ0n) is 6.41.